The first-order chi connectivity index (χ1) is 11.2. The van der Waals surface area contributed by atoms with E-state index in [1.165, 1.54) is 24.0 Å². The first-order valence-electron chi connectivity index (χ1n) is 7.07. The number of aliphatic hydroxyl groups excluding tert-OH is 1. The van der Waals surface area contributed by atoms with E-state index in [9.17, 15) is 22.3 Å². The lowest BCUT2D eigenvalue weighted by molar-refractivity contribution is 0.159. The molecule has 0 saturated heterocycles. The summed E-state index contributed by atoms with van der Waals surface area (Å²) in [4.78, 5) is -0.410. The van der Waals surface area contributed by atoms with E-state index in [4.69, 9.17) is 0 Å². The van der Waals surface area contributed by atoms with Crippen LogP contribution in [-0.2, 0) is 17.1 Å². The Labute approximate surface area is 137 Å². The fourth-order valence-corrected chi connectivity index (χ4v) is 4.48. The second-order valence-corrected chi connectivity index (χ2v) is 7.26. The lowest BCUT2D eigenvalue weighted by atomic mass is 10.1. The Bertz CT molecular complexity index is 935. The molecule has 0 spiro atoms. The SMILES string of the molecule is Cc1ccccc1C1=C(O)c2nn(C)cc2N(CC(F)F)S1(=O)=O. The maximum absolute atomic E-state index is 13.0. The molecule has 6 nitrogen and oxygen atoms in total. The van der Waals surface area contributed by atoms with E-state index in [-0.39, 0.29) is 16.9 Å². The lowest BCUT2D eigenvalue weighted by Gasteiger charge is -2.29. The van der Waals surface area contributed by atoms with Crippen molar-refractivity contribution in [2.75, 3.05) is 10.8 Å². The van der Waals surface area contributed by atoms with Gasteiger partial charge in [0.05, 0.1) is 6.54 Å². The van der Waals surface area contributed by atoms with Crippen molar-refractivity contribution in [3.63, 3.8) is 0 Å². The third-order valence-corrected chi connectivity index (χ3v) is 5.61. The summed E-state index contributed by atoms with van der Waals surface area (Å²) in [5, 5.41) is 14.5. The molecular weight excluding hydrogens is 340 g/mol. The Morgan fingerprint density at radius 3 is 2.58 bits per heavy atom. The Kier molecular flexibility index (Phi) is 3.83. The molecule has 1 N–H and O–H groups in total. The van der Waals surface area contributed by atoms with Crippen molar-refractivity contribution in [2.45, 2.75) is 13.3 Å². The number of rotatable bonds is 3. The van der Waals surface area contributed by atoms with Gasteiger partial charge in [-0.05, 0) is 12.5 Å². The third-order valence-electron chi connectivity index (χ3n) is 3.76. The summed E-state index contributed by atoms with van der Waals surface area (Å²) in [6.45, 7) is 0.667. The molecule has 0 saturated carbocycles. The zero-order chi connectivity index (χ0) is 17.6. The highest BCUT2D eigenvalue weighted by Gasteiger charge is 2.41. The van der Waals surface area contributed by atoms with E-state index < -0.39 is 33.7 Å². The largest absolute Gasteiger partial charge is 0.504 e. The molecule has 0 amide bonds. The van der Waals surface area contributed by atoms with Crippen molar-refractivity contribution >= 4 is 26.4 Å². The van der Waals surface area contributed by atoms with Gasteiger partial charge in [-0.2, -0.15) is 5.10 Å². The number of aliphatic hydroxyl groups is 1. The second-order valence-electron chi connectivity index (χ2n) is 5.46. The topological polar surface area (TPSA) is 75.4 Å². The normalized spacial score (nSPS) is 16.6. The Balaban J connectivity index is 2.33. The van der Waals surface area contributed by atoms with E-state index >= 15 is 0 Å². The van der Waals surface area contributed by atoms with Crippen molar-refractivity contribution in [2.24, 2.45) is 7.05 Å². The molecule has 2 heterocycles. The Morgan fingerprint density at radius 1 is 1.29 bits per heavy atom. The van der Waals surface area contributed by atoms with Crippen LogP contribution in [0, 0.1) is 6.92 Å². The zero-order valence-electron chi connectivity index (χ0n) is 12.9. The van der Waals surface area contributed by atoms with E-state index in [0.29, 0.717) is 9.87 Å². The molecule has 128 valence electrons. The van der Waals surface area contributed by atoms with Gasteiger partial charge in [0, 0.05) is 18.8 Å². The summed E-state index contributed by atoms with van der Waals surface area (Å²) in [5.41, 5.74) is 0.753. The zero-order valence-corrected chi connectivity index (χ0v) is 13.8. The summed E-state index contributed by atoms with van der Waals surface area (Å²) in [5.74, 6) is -0.537. The van der Waals surface area contributed by atoms with Crippen LogP contribution in [0.2, 0.25) is 0 Å². The van der Waals surface area contributed by atoms with Crippen LogP contribution in [0.5, 0.6) is 0 Å². The van der Waals surface area contributed by atoms with Crippen LogP contribution in [0.3, 0.4) is 0 Å². The quantitative estimate of drug-likeness (QED) is 0.918. The molecule has 0 fully saturated rings. The summed E-state index contributed by atoms with van der Waals surface area (Å²) < 4.78 is 53.6. The molecule has 0 radical (unpaired) electrons. The number of benzene rings is 1. The lowest BCUT2D eigenvalue weighted by Crippen LogP contribution is -2.38. The number of anilines is 1. The highest BCUT2D eigenvalue weighted by Crippen LogP contribution is 2.42. The summed E-state index contributed by atoms with van der Waals surface area (Å²) in [6, 6.07) is 6.53. The van der Waals surface area contributed by atoms with Gasteiger partial charge < -0.3 is 5.11 Å². The Hall–Kier alpha value is -2.42. The average molecular weight is 355 g/mol. The van der Waals surface area contributed by atoms with Crippen molar-refractivity contribution in [3.8, 4) is 0 Å². The van der Waals surface area contributed by atoms with Gasteiger partial charge in [0.1, 0.15) is 10.6 Å². The van der Waals surface area contributed by atoms with Crippen LogP contribution in [0.15, 0.2) is 30.5 Å². The molecule has 2 aromatic rings. The van der Waals surface area contributed by atoms with Gasteiger partial charge in [-0.3, -0.25) is 8.99 Å². The van der Waals surface area contributed by atoms with Gasteiger partial charge in [0.15, 0.2) is 11.5 Å². The van der Waals surface area contributed by atoms with E-state index in [1.807, 2.05) is 0 Å². The number of nitrogens with zero attached hydrogens (tertiary/aromatic N) is 3. The van der Waals surface area contributed by atoms with Gasteiger partial charge >= 0.3 is 0 Å². The van der Waals surface area contributed by atoms with Crippen molar-refractivity contribution in [1.82, 2.24) is 9.78 Å². The molecular formula is C15H15F2N3O3S. The standard InChI is InChI=1S/C15H15F2N3O3S/c1-9-5-3-4-6-10(9)15-14(21)13-11(7-19(2)18-13)20(8-12(16)17)24(15,22)23/h3-7,12,21H,8H2,1-2H3. The van der Waals surface area contributed by atoms with Crippen LogP contribution in [0.1, 0.15) is 16.8 Å². The van der Waals surface area contributed by atoms with Gasteiger partial charge in [0.2, 0.25) is 0 Å². The molecule has 1 aromatic heterocycles. The summed E-state index contributed by atoms with van der Waals surface area (Å²) in [7, 11) is -2.83. The third kappa shape index (κ3) is 2.44. The minimum absolute atomic E-state index is 0.0359. The van der Waals surface area contributed by atoms with Crippen LogP contribution in [0.25, 0.3) is 10.7 Å². The number of halogens is 2. The van der Waals surface area contributed by atoms with Gasteiger partial charge in [0.25, 0.3) is 16.4 Å². The predicted molar refractivity (Wildman–Crippen MR) is 86.1 cm³/mol. The van der Waals surface area contributed by atoms with E-state index in [2.05, 4.69) is 5.10 Å². The Morgan fingerprint density at radius 2 is 1.96 bits per heavy atom. The molecule has 9 heteroatoms. The van der Waals surface area contributed by atoms with Crippen molar-refractivity contribution < 1.29 is 22.3 Å². The van der Waals surface area contributed by atoms with Gasteiger partial charge in [-0.1, -0.05) is 24.3 Å². The van der Waals surface area contributed by atoms with E-state index in [0.717, 1.165) is 0 Å². The number of hydrogen-bond acceptors (Lipinski definition) is 4. The minimum Gasteiger partial charge on any atom is -0.504 e. The van der Waals surface area contributed by atoms with E-state index in [1.54, 1.807) is 25.1 Å². The summed E-state index contributed by atoms with van der Waals surface area (Å²) in [6.07, 6.45) is -1.58. The molecule has 24 heavy (non-hydrogen) atoms. The molecule has 0 atom stereocenters. The number of aryl methyl sites for hydroxylation is 2. The number of alkyl halides is 2. The minimum atomic E-state index is -4.35. The molecule has 0 aliphatic carbocycles. The first-order valence-corrected chi connectivity index (χ1v) is 8.51. The number of sulfonamides is 1. The molecule has 1 aliphatic rings. The van der Waals surface area contributed by atoms with Gasteiger partial charge in [-0.15, -0.1) is 0 Å². The highest BCUT2D eigenvalue weighted by molar-refractivity contribution is 8.02. The smallest absolute Gasteiger partial charge is 0.269 e. The number of fused-ring (bicyclic) bond motifs is 1. The van der Waals surface area contributed by atoms with Crippen LogP contribution >= 0.6 is 0 Å². The van der Waals surface area contributed by atoms with Gasteiger partial charge in [-0.25, -0.2) is 17.2 Å². The summed E-state index contributed by atoms with van der Waals surface area (Å²) >= 11 is 0. The maximum Gasteiger partial charge on any atom is 0.269 e. The fraction of sp³-hybridized carbons (Fsp3) is 0.267. The maximum atomic E-state index is 13.0. The predicted octanol–water partition coefficient (Wildman–Crippen LogP) is 2.53. The highest BCUT2D eigenvalue weighted by atomic mass is 32.2. The second kappa shape index (κ2) is 5.59. The molecule has 0 unspecified atom stereocenters. The van der Waals surface area contributed by atoms with Crippen molar-refractivity contribution in [3.05, 3.63) is 47.3 Å². The van der Waals surface area contributed by atoms with Crippen LogP contribution in [-0.4, -0.2) is 36.3 Å². The monoisotopic (exact) mass is 355 g/mol. The fourth-order valence-electron chi connectivity index (χ4n) is 2.71. The molecule has 3 rings (SSSR count). The molecule has 1 aliphatic heterocycles. The van der Waals surface area contributed by atoms with Crippen LogP contribution in [0.4, 0.5) is 14.5 Å². The molecule has 0 bridgehead atoms. The van der Waals surface area contributed by atoms with Crippen LogP contribution < -0.4 is 4.31 Å². The number of hydrogen-bond donors (Lipinski definition) is 1. The molecule has 1 aromatic carbocycles. The van der Waals surface area contributed by atoms with Crippen molar-refractivity contribution in [1.29, 1.82) is 0 Å². The number of aromatic nitrogens is 2. The average Bonchev–Trinajstić information content (AvgIpc) is 2.87. The first kappa shape index (κ1) is 16.4.